The van der Waals surface area contributed by atoms with Crippen LogP contribution in [0.3, 0.4) is 0 Å². The number of rotatable bonds is 13. The van der Waals surface area contributed by atoms with E-state index in [-0.39, 0.29) is 12.8 Å². The van der Waals surface area contributed by atoms with Crippen molar-refractivity contribution >= 4 is 48.7 Å². The highest BCUT2D eigenvalue weighted by Gasteiger charge is 2.54. The Morgan fingerprint density at radius 2 is 1.30 bits per heavy atom. The van der Waals surface area contributed by atoms with Gasteiger partial charge in [0.05, 0.1) is 0 Å². The van der Waals surface area contributed by atoms with Gasteiger partial charge in [-0.15, -0.1) is 0 Å². The molecule has 0 radical (unpaired) electrons. The van der Waals surface area contributed by atoms with Crippen molar-refractivity contribution in [3.63, 3.8) is 0 Å². The third-order valence-electron chi connectivity index (χ3n) is 3.42. The summed E-state index contributed by atoms with van der Waals surface area (Å²) >= 11 is 0. The molecular formula is C13H27NO10P6. The lowest BCUT2D eigenvalue weighted by Crippen LogP contribution is -2.16. The van der Waals surface area contributed by atoms with Crippen molar-refractivity contribution in [1.82, 2.24) is 4.98 Å². The highest BCUT2D eigenvalue weighted by Crippen LogP contribution is 2.80. The Morgan fingerprint density at radius 3 is 1.63 bits per heavy atom. The van der Waals surface area contributed by atoms with Crippen molar-refractivity contribution in [2.45, 2.75) is 25.2 Å². The second-order valence-corrected chi connectivity index (χ2v) is 16.2. The minimum Gasteiger partial charge on any atom is -0.350 e. The molecule has 0 aromatic carbocycles. The van der Waals surface area contributed by atoms with E-state index in [9.17, 15) is 28.7 Å². The molecule has 30 heavy (non-hydrogen) atoms. The van der Waals surface area contributed by atoms with Gasteiger partial charge < -0.3 is 19.6 Å². The molecule has 17 heteroatoms. The van der Waals surface area contributed by atoms with Gasteiger partial charge in [-0.05, 0) is 31.4 Å². The van der Waals surface area contributed by atoms with E-state index in [2.05, 4.69) is 4.98 Å². The molecule has 0 saturated carbocycles. The Kier molecular flexibility index (Phi) is 12.6. The predicted molar refractivity (Wildman–Crippen MR) is 121 cm³/mol. The highest BCUT2D eigenvalue weighted by molar-refractivity contribution is 7.82. The minimum atomic E-state index is -4.51. The summed E-state index contributed by atoms with van der Waals surface area (Å²) < 4.78 is 47.8. The molecule has 174 valence electrons. The van der Waals surface area contributed by atoms with Crippen LogP contribution in [-0.2, 0) is 32.8 Å². The maximum absolute atomic E-state index is 13.6. The molecule has 0 aliphatic rings. The summed E-state index contributed by atoms with van der Waals surface area (Å²) in [6.45, 7) is 6.72. The van der Waals surface area contributed by atoms with E-state index in [1.54, 1.807) is 12.3 Å². The smallest absolute Gasteiger partial charge is 0.350 e. The predicted octanol–water partition coefficient (Wildman–Crippen LogP) is 4.84. The molecular weight excluding hydrogens is 516 g/mol. The first kappa shape index (κ1) is 29.0. The Bertz CT molecular complexity index is 698. The molecule has 0 amide bonds. The van der Waals surface area contributed by atoms with E-state index in [4.69, 9.17) is 17.2 Å². The van der Waals surface area contributed by atoms with Crippen molar-refractivity contribution < 1.29 is 45.9 Å². The van der Waals surface area contributed by atoms with Crippen LogP contribution in [0.25, 0.3) is 0 Å². The van der Waals surface area contributed by atoms with Crippen molar-refractivity contribution in [2.75, 3.05) is 26.7 Å². The first-order chi connectivity index (χ1) is 13.8. The van der Waals surface area contributed by atoms with Crippen molar-refractivity contribution in [1.29, 1.82) is 0 Å². The van der Waals surface area contributed by atoms with Crippen LogP contribution in [0.5, 0.6) is 0 Å². The van der Waals surface area contributed by atoms with Gasteiger partial charge in [0.15, 0.2) is 38.9 Å². The van der Waals surface area contributed by atoms with Crippen LogP contribution < -0.4 is 0 Å². The van der Waals surface area contributed by atoms with Gasteiger partial charge in [-0.3, -0.25) is 31.4 Å². The zero-order valence-electron chi connectivity index (χ0n) is 17.1. The maximum Gasteiger partial charge on any atom is 0.356 e. The van der Waals surface area contributed by atoms with Crippen molar-refractivity contribution in [2.24, 2.45) is 0 Å². The Morgan fingerprint density at radius 1 is 0.900 bits per heavy atom. The minimum absolute atomic E-state index is 0.144. The standard InChI is InChI=1S/C13H27NO10P6/c1-11-7-6-10-14-12(11)8-9-13(29(19,21-25(2)15)22-26(3)16)30(20,23-27(4)17)24-28(5)18/h6-7,10,13,15-18H,8-9H2,1-5H3. The third kappa shape index (κ3) is 9.48. The number of nitrogens with zero attached hydrogens (tertiary/aromatic N) is 1. The molecule has 4 unspecified atom stereocenters. The Hall–Kier alpha value is 1.01. The molecule has 0 saturated heterocycles. The van der Waals surface area contributed by atoms with Crippen LogP contribution in [0.4, 0.5) is 0 Å². The molecule has 1 aromatic rings. The van der Waals surface area contributed by atoms with Crippen molar-refractivity contribution in [3.8, 4) is 0 Å². The van der Waals surface area contributed by atoms with E-state index in [0.29, 0.717) is 5.69 Å². The molecule has 4 atom stereocenters. The molecule has 4 N–H and O–H groups in total. The van der Waals surface area contributed by atoms with Crippen LogP contribution in [0.15, 0.2) is 18.3 Å². The van der Waals surface area contributed by atoms with Gasteiger partial charge >= 0.3 is 15.2 Å². The average Bonchev–Trinajstić information content (AvgIpc) is 2.53. The number of hydrogen-bond donors (Lipinski definition) is 4. The van der Waals surface area contributed by atoms with Crippen LogP contribution in [0, 0.1) is 6.92 Å². The summed E-state index contributed by atoms with van der Waals surface area (Å²) in [5.74, 6) is 0. The Labute approximate surface area is 181 Å². The van der Waals surface area contributed by atoms with E-state index >= 15 is 0 Å². The summed E-state index contributed by atoms with van der Waals surface area (Å²) in [5, 5.41) is -1.64. The van der Waals surface area contributed by atoms with Crippen molar-refractivity contribution in [3.05, 3.63) is 29.6 Å². The van der Waals surface area contributed by atoms with Gasteiger partial charge in [0.25, 0.3) is 0 Å². The van der Waals surface area contributed by atoms with Gasteiger partial charge in [0.2, 0.25) is 0 Å². The second kappa shape index (κ2) is 13.0. The lowest BCUT2D eigenvalue weighted by Gasteiger charge is -2.33. The van der Waals surface area contributed by atoms with Crippen LogP contribution >= 0.6 is 48.7 Å². The second-order valence-electron chi connectivity index (χ2n) is 6.05. The molecule has 11 nitrogen and oxygen atoms in total. The molecule has 1 aromatic heterocycles. The van der Waals surface area contributed by atoms with E-state index in [1.807, 2.05) is 13.0 Å². The molecule has 0 spiro atoms. The van der Waals surface area contributed by atoms with E-state index < -0.39 is 54.1 Å². The lowest BCUT2D eigenvalue weighted by molar-refractivity contribution is 0.346. The topological polar surface area (TPSA) is 165 Å². The number of hydrogen-bond acceptors (Lipinski definition) is 11. The molecule has 1 rings (SSSR count). The zero-order chi connectivity index (χ0) is 23.1. The lowest BCUT2D eigenvalue weighted by atomic mass is 10.1. The summed E-state index contributed by atoms with van der Waals surface area (Å²) in [7, 11) is -18.1. The van der Waals surface area contributed by atoms with E-state index in [1.165, 1.54) is 26.7 Å². The Balaban J connectivity index is 3.47. The molecule has 1 heterocycles. The number of pyridine rings is 1. The molecule has 0 bridgehead atoms. The first-order valence-corrected chi connectivity index (χ1v) is 18.2. The monoisotopic (exact) mass is 543 g/mol. The largest absolute Gasteiger partial charge is 0.356 e. The van der Waals surface area contributed by atoms with Gasteiger partial charge in [0.1, 0.15) is 0 Å². The van der Waals surface area contributed by atoms with Crippen LogP contribution in [0.1, 0.15) is 17.7 Å². The first-order valence-electron chi connectivity index (χ1n) is 8.38. The number of aromatic nitrogens is 1. The van der Waals surface area contributed by atoms with Gasteiger partial charge in [-0.2, -0.15) is 0 Å². The molecule has 0 aliphatic carbocycles. The molecule has 0 fully saturated rings. The fourth-order valence-corrected chi connectivity index (χ4v) is 14.0. The van der Waals surface area contributed by atoms with E-state index in [0.717, 1.165) is 5.56 Å². The zero-order valence-corrected chi connectivity index (χ0v) is 22.5. The highest BCUT2D eigenvalue weighted by atomic mass is 31.3. The normalized spacial score (nSPS) is 21.1. The maximum atomic E-state index is 13.6. The van der Waals surface area contributed by atoms with Gasteiger partial charge in [-0.1, -0.05) is 6.07 Å². The summed E-state index contributed by atoms with van der Waals surface area (Å²) in [4.78, 5) is 43.2. The summed E-state index contributed by atoms with van der Waals surface area (Å²) in [5.41, 5.74) is 1.43. The molecule has 0 aliphatic heterocycles. The summed E-state index contributed by atoms with van der Waals surface area (Å²) in [6, 6.07) is 3.55. The fraction of sp³-hybridized carbons (Fsp3) is 0.615. The van der Waals surface area contributed by atoms with Gasteiger partial charge in [0, 0.05) is 38.6 Å². The van der Waals surface area contributed by atoms with Gasteiger partial charge in [-0.25, -0.2) is 0 Å². The summed E-state index contributed by atoms with van der Waals surface area (Å²) in [6.07, 6.45) is 1.53. The van der Waals surface area contributed by atoms with Crippen LogP contribution in [-0.4, -0.2) is 56.6 Å². The quantitative estimate of drug-likeness (QED) is 0.252. The number of aryl methyl sites for hydroxylation is 2. The van der Waals surface area contributed by atoms with Crippen LogP contribution in [0.2, 0.25) is 0 Å². The SMILES string of the molecule is Cc1cccnc1CCC(P(=O)(OP(C)O)OP(C)O)P(=O)(OP(C)O)OP(C)O. The third-order valence-corrected chi connectivity index (χ3v) is 14.5. The average molecular weight is 543 g/mol. The fourth-order valence-electron chi connectivity index (χ4n) is 2.44.